The predicted octanol–water partition coefficient (Wildman–Crippen LogP) is 2.31. The van der Waals surface area contributed by atoms with E-state index in [-0.39, 0.29) is 18.3 Å². The zero-order valence-electron chi connectivity index (χ0n) is 11.8. The normalized spacial score (nSPS) is 19.4. The second kappa shape index (κ2) is 5.67. The van der Waals surface area contributed by atoms with Crippen molar-refractivity contribution in [2.45, 2.75) is 12.8 Å². The van der Waals surface area contributed by atoms with Crippen LogP contribution in [0.1, 0.15) is 18.4 Å². The van der Waals surface area contributed by atoms with Gasteiger partial charge < -0.3 is 20.1 Å². The summed E-state index contributed by atoms with van der Waals surface area (Å²) in [7, 11) is 0. The lowest BCUT2D eigenvalue weighted by molar-refractivity contribution is -0.118. The van der Waals surface area contributed by atoms with E-state index >= 15 is 0 Å². The van der Waals surface area contributed by atoms with Crippen LogP contribution in [-0.2, 0) is 4.79 Å². The first-order valence-electron chi connectivity index (χ1n) is 6.96. The molecule has 116 valence electrons. The van der Waals surface area contributed by atoms with E-state index in [0.717, 1.165) is 18.4 Å². The molecule has 1 aromatic rings. The number of ether oxygens (including phenoxy) is 1. The molecule has 0 saturated carbocycles. The van der Waals surface area contributed by atoms with Crippen molar-refractivity contribution in [1.82, 2.24) is 4.90 Å². The van der Waals surface area contributed by atoms with Gasteiger partial charge in [0, 0.05) is 13.1 Å². The van der Waals surface area contributed by atoms with Crippen LogP contribution in [0.25, 0.3) is 6.08 Å². The minimum Gasteiger partial charge on any atom is -0.478 e. The molecule has 1 aromatic carbocycles. The number of fused-ring (bicyclic) bond motifs is 1. The Kier molecular flexibility index (Phi) is 3.70. The van der Waals surface area contributed by atoms with Gasteiger partial charge in [0.1, 0.15) is 0 Å². The highest BCUT2D eigenvalue weighted by atomic mass is 19.1. The second-order valence-electron chi connectivity index (χ2n) is 5.33. The van der Waals surface area contributed by atoms with Crippen molar-refractivity contribution in [3.8, 4) is 5.75 Å². The Morgan fingerprint density at radius 2 is 2.27 bits per heavy atom. The third kappa shape index (κ3) is 2.88. The summed E-state index contributed by atoms with van der Waals surface area (Å²) in [6, 6.07) is 2.95. The molecule has 0 spiro atoms. The summed E-state index contributed by atoms with van der Waals surface area (Å²) in [5, 5.41) is 11.6. The molecule has 1 fully saturated rings. The molecule has 0 radical (unpaired) electrons. The Bertz CT molecular complexity index is 672. The average molecular weight is 306 g/mol. The zero-order chi connectivity index (χ0) is 15.7. The molecule has 0 aromatic heterocycles. The number of benzene rings is 1. The number of nitrogens with one attached hydrogen (secondary N) is 1. The van der Waals surface area contributed by atoms with Gasteiger partial charge >= 0.3 is 6.09 Å². The molecular formula is C15H15FN2O4. The maximum atomic E-state index is 14.0. The number of carbonyl (C=O) groups excluding carboxylic acids is 1. The summed E-state index contributed by atoms with van der Waals surface area (Å²) in [5.74, 6) is -0.834. The van der Waals surface area contributed by atoms with E-state index < -0.39 is 11.9 Å². The Morgan fingerprint density at radius 3 is 3.05 bits per heavy atom. The van der Waals surface area contributed by atoms with Crippen LogP contribution >= 0.6 is 0 Å². The number of hydrogen-bond acceptors (Lipinski definition) is 3. The topological polar surface area (TPSA) is 78.9 Å². The maximum Gasteiger partial charge on any atom is 0.407 e. The minimum absolute atomic E-state index is 0.0394. The van der Waals surface area contributed by atoms with Crippen molar-refractivity contribution in [1.29, 1.82) is 0 Å². The Labute approximate surface area is 126 Å². The number of nitrogens with zero attached hydrogens (tertiary/aromatic N) is 1. The Balaban J connectivity index is 1.87. The first kappa shape index (κ1) is 14.4. The first-order valence-corrected chi connectivity index (χ1v) is 6.96. The number of hydrogen-bond donors (Lipinski definition) is 2. The monoisotopic (exact) mass is 306 g/mol. The zero-order valence-corrected chi connectivity index (χ0v) is 11.8. The lowest BCUT2D eigenvalue weighted by Gasteiger charge is -2.26. The number of halogens is 1. The van der Waals surface area contributed by atoms with Crippen LogP contribution in [0.3, 0.4) is 0 Å². The molecule has 0 bridgehead atoms. The molecule has 2 aliphatic rings. The number of piperidine rings is 1. The molecule has 7 heteroatoms. The number of anilines is 1. The quantitative estimate of drug-likeness (QED) is 0.834. The highest BCUT2D eigenvalue weighted by molar-refractivity contribution is 5.95. The smallest absolute Gasteiger partial charge is 0.407 e. The summed E-state index contributed by atoms with van der Waals surface area (Å²) in [4.78, 5) is 23.6. The highest BCUT2D eigenvalue weighted by Crippen LogP contribution is 2.33. The second-order valence-corrected chi connectivity index (χ2v) is 5.33. The van der Waals surface area contributed by atoms with Crippen LogP contribution in [0.5, 0.6) is 5.75 Å². The van der Waals surface area contributed by atoms with Crippen LogP contribution < -0.4 is 10.1 Å². The van der Waals surface area contributed by atoms with Crippen LogP contribution in [0.4, 0.5) is 14.9 Å². The Morgan fingerprint density at radius 1 is 1.45 bits per heavy atom. The third-order valence-electron chi connectivity index (χ3n) is 3.65. The molecule has 2 N–H and O–H groups in total. The molecule has 0 unspecified atom stereocenters. The van der Waals surface area contributed by atoms with Gasteiger partial charge in [-0.2, -0.15) is 0 Å². The summed E-state index contributed by atoms with van der Waals surface area (Å²) < 4.78 is 19.1. The van der Waals surface area contributed by atoms with Crippen molar-refractivity contribution in [2.24, 2.45) is 0 Å². The van der Waals surface area contributed by atoms with Gasteiger partial charge in [-0.25, -0.2) is 9.18 Å². The summed E-state index contributed by atoms with van der Waals surface area (Å²) in [6.07, 6.45) is 2.32. The van der Waals surface area contributed by atoms with Crippen molar-refractivity contribution in [3.63, 3.8) is 0 Å². The largest absolute Gasteiger partial charge is 0.478 e. The van der Waals surface area contributed by atoms with Crippen molar-refractivity contribution >= 4 is 23.8 Å². The lowest BCUT2D eigenvalue weighted by Crippen LogP contribution is -2.35. The molecule has 0 aliphatic carbocycles. The summed E-state index contributed by atoms with van der Waals surface area (Å²) >= 11 is 0. The van der Waals surface area contributed by atoms with Crippen molar-refractivity contribution in [2.75, 3.05) is 25.0 Å². The van der Waals surface area contributed by atoms with Gasteiger partial charge in [0.05, 0.1) is 5.69 Å². The number of carboxylic acid groups (broad SMARTS) is 1. The summed E-state index contributed by atoms with van der Waals surface area (Å²) in [5.41, 5.74) is 1.79. The SMILES string of the molecule is O=C1COc2c(F)cc(C=C3CCCN(C(=O)O)C3)cc2N1. The number of carbonyl (C=O) groups is 2. The Hall–Kier alpha value is -2.57. The van der Waals surface area contributed by atoms with Gasteiger partial charge in [-0.3, -0.25) is 4.79 Å². The van der Waals surface area contributed by atoms with E-state index in [1.165, 1.54) is 11.0 Å². The van der Waals surface area contributed by atoms with Crippen molar-refractivity contribution in [3.05, 3.63) is 29.1 Å². The van der Waals surface area contributed by atoms with Crippen LogP contribution in [-0.4, -0.2) is 41.7 Å². The summed E-state index contributed by atoms with van der Waals surface area (Å²) in [6.45, 7) is 0.629. The molecule has 2 aliphatic heterocycles. The highest BCUT2D eigenvalue weighted by Gasteiger charge is 2.21. The van der Waals surface area contributed by atoms with Gasteiger partial charge in [0.15, 0.2) is 18.2 Å². The van der Waals surface area contributed by atoms with Gasteiger partial charge in [-0.15, -0.1) is 0 Å². The molecule has 2 heterocycles. The molecular weight excluding hydrogens is 291 g/mol. The van der Waals surface area contributed by atoms with E-state index in [2.05, 4.69) is 5.32 Å². The minimum atomic E-state index is -0.956. The number of rotatable bonds is 1. The van der Waals surface area contributed by atoms with Crippen LogP contribution in [0.15, 0.2) is 17.7 Å². The fraction of sp³-hybridized carbons (Fsp3) is 0.333. The van der Waals surface area contributed by atoms with Crippen molar-refractivity contribution < 1.29 is 23.8 Å². The fourth-order valence-corrected chi connectivity index (χ4v) is 2.68. The number of likely N-dealkylation sites (tertiary alicyclic amines) is 1. The fourth-order valence-electron chi connectivity index (χ4n) is 2.68. The van der Waals surface area contributed by atoms with E-state index in [1.54, 1.807) is 12.1 Å². The van der Waals surface area contributed by atoms with Gasteiger partial charge in [0.2, 0.25) is 0 Å². The van der Waals surface area contributed by atoms with E-state index in [0.29, 0.717) is 24.3 Å². The van der Waals surface area contributed by atoms with E-state index in [9.17, 15) is 14.0 Å². The van der Waals surface area contributed by atoms with E-state index in [4.69, 9.17) is 9.84 Å². The van der Waals surface area contributed by atoms with Crippen LogP contribution in [0, 0.1) is 5.82 Å². The lowest BCUT2D eigenvalue weighted by atomic mass is 10.0. The van der Waals surface area contributed by atoms with Gasteiger partial charge in [0.25, 0.3) is 5.91 Å². The maximum absolute atomic E-state index is 14.0. The van der Waals surface area contributed by atoms with E-state index in [1.807, 2.05) is 0 Å². The molecule has 2 amide bonds. The standard InChI is InChI=1S/C15H15FN2O4/c16-11-5-10(6-12-14(11)22-8-13(19)17-12)4-9-2-1-3-18(7-9)15(20)21/h4-6H,1-3,7-8H2,(H,17,19)(H,20,21). The van der Waals surface area contributed by atoms with Gasteiger partial charge in [-0.1, -0.05) is 11.6 Å². The first-order chi connectivity index (χ1) is 10.5. The molecule has 1 saturated heterocycles. The third-order valence-corrected chi connectivity index (χ3v) is 3.65. The van der Waals surface area contributed by atoms with Crippen LogP contribution in [0.2, 0.25) is 0 Å². The average Bonchev–Trinajstić information content (AvgIpc) is 2.47. The number of amides is 2. The molecule has 22 heavy (non-hydrogen) atoms. The molecule has 6 nitrogen and oxygen atoms in total. The predicted molar refractivity (Wildman–Crippen MR) is 77.3 cm³/mol. The molecule has 0 atom stereocenters. The van der Waals surface area contributed by atoms with Gasteiger partial charge in [-0.05, 0) is 30.5 Å². The molecule has 3 rings (SSSR count).